The molecule has 0 saturated heterocycles. The van der Waals surface area contributed by atoms with Gasteiger partial charge in [-0.1, -0.05) is 30.3 Å². The van der Waals surface area contributed by atoms with Crippen molar-refractivity contribution in [2.75, 3.05) is 5.32 Å². The van der Waals surface area contributed by atoms with E-state index in [1.54, 1.807) is 30.3 Å². The molecule has 0 radical (unpaired) electrons. The summed E-state index contributed by atoms with van der Waals surface area (Å²) in [7, 11) is 0. The van der Waals surface area contributed by atoms with E-state index >= 15 is 0 Å². The number of amides is 1. The molecule has 31 heavy (non-hydrogen) atoms. The molecule has 1 N–H and O–H groups in total. The summed E-state index contributed by atoms with van der Waals surface area (Å²) >= 11 is 0. The number of carbonyl (C=O) groups is 2. The Morgan fingerprint density at radius 2 is 1.55 bits per heavy atom. The number of halogens is 2. The number of benzene rings is 3. The number of hydrogen-bond donors (Lipinski definition) is 1. The molecule has 1 aromatic heterocycles. The molecule has 0 unspecified atom stereocenters. The van der Waals surface area contributed by atoms with Crippen molar-refractivity contribution in [1.29, 1.82) is 0 Å². The Hall–Kier alpha value is -4.13. The van der Waals surface area contributed by atoms with E-state index in [9.17, 15) is 23.2 Å². The average molecular weight is 418 g/mol. The highest BCUT2D eigenvalue weighted by Crippen LogP contribution is 2.17. The first-order valence-corrected chi connectivity index (χ1v) is 9.40. The van der Waals surface area contributed by atoms with Crippen LogP contribution in [0.5, 0.6) is 0 Å². The van der Waals surface area contributed by atoms with Gasteiger partial charge in [-0.15, -0.1) is 0 Å². The molecule has 1 heterocycles. The smallest absolute Gasteiger partial charge is 0.244 e. The van der Waals surface area contributed by atoms with Gasteiger partial charge in [-0.3, -0.25) is 14.4 Å². The monoisotopic (exact) mass is 418 g/mol. The van der Waals surface area contributed by atoms with Crippen LogP contribution in [0.1, 0.15) is 15.9 Å². The highest BCUT2D eigenvalue weighted by atomic mass is 19.1. The second-order valence-electron chi connectivity index (χ2n) is 6.91. The molecule has 0 saturated carbocycles. The number of rotatable bonds is 5. The first-order valence-electron chi connectivity index (χ1n) is 9.40. The zero-order valence-electron chi connectivity index (χ0n) is 16.1. The number of anilines is 1. The summed E-state index contributed by atoms with van der Waals surface area (Å²) in [6.07, 6.45) is 1.31. The van der Waals surface area contributed by atoms with E-state index in [4.69, 9.17) is 0 Å². The van der Waals surface area contributed by atoms with Gasteiger partial charge in [0.15, 0.2) is 5.78 Å². The molecule has 5 nitrogen and oxygen atoms in total. The lowest BCUT2D eigenvalue weighted by Crippen LogP contribution is -2.24. The quantitative estimate of drug-likeness (QED) is 0.495. The van der Waals surface area contributed by atoms with Crippen LogP contribution in [0.3, 0.4) is 0 Å². The third-order valence-corrected chi connectivity index (χ3v) is 4.76. The van der Waals surface area contributed by atoms with Gasteiger partial charge in [-0.25, -0.2) is 8.78 Å². The fraction of sp³-hybridized carbons (Fsp3) is 0.0417. The van der Waals surface area contributed by atoms with Crippen molar-refractivity contribution in [2.45, 2.75) is 6.54 Å². The number of hydrogen-bond acceptors (Lipinski definition) is 3. The number of aromatic nitrogens is 1. The van der Waals surface area contributed by atoms with E-state index in [2.05, 4.69) is 5.32 Å². The van der Waals surface area contributed by atoms with Gasteiger partial charge in [-0.2, -0.15) is 0 Å². The average Bonchev–Trinajstić information content (AvgIpc) is 2.77. The van der Waals surface area contributed by atoms with Crippen molar-refractivity contribution in [3.05, 3.63) is 112 Å². The Morgan fingerprint density at radius 1 is 0.871 bits per heavy atom. The van der Waals surface area contributed by atoms with Crippen molar-refractivity contribution in [1.82, 2.24) is 4.57 Å². The van der Waals surface area contributed by atoms with Crippen LogP contribution in [0.15, 0.2) is 83.8 Å². The Kier molecular flexibility index (Phi) is 5.41. The summed E-state index contributed by atoms with van der Waals surface area (Å²) in [6, 6.07) is 17.1. The molecule has 0 atom stereocenters. The van der Waals surface area contributed by atoms with E-state index in [1.165, 1.54) is 47.2 Å². The molecule has 0 fully saturated rings. The van der Waals surface area contributed by atoms with E-state index in [0.717, 1.165) is 6.07 Å². The molecule has 0 aliphatic rings. The molecule has 4 aromatic rings. The van der Waals surface area contributed by atoms with Gasteiger partial charge >= 0.3 is 0 Å². The Morgan fingerprint density at radius 3 is 2.26 bits per heavy atom. The number of pyridine rings is 1. The van der Waals surface area contributed by atoms with Gasteiger partial charge in [0.05, 0.1) is 11.1 Å². The van der Waals surface area contributed by atoms with Crippen molar-refractivity contribution in [3.63, 3.8) is 0 Å². The van der Waals surface area contributed by atoms with Crippen LogP contribution >= 0.6 is 0 Å². The predicted octanol–water partition coefficient (Wildman–Crippen LogP) is 4.15. The van der Waals surface area contributed by atoms with Gasteiger partial charge in [0.25, 0.3) is 0 Å². The summed E-state index contributed by atoms with van der Waals surface area (Å²) in [6.45, 7) is -0.241. The molecule has 0 bridgehead atoms. The zero-order chi connectivity index (χ0) is 22.0. The van der Waals surface area contributed by atoms with Gasteiger partial charge < -0.3 is 9.88 Å². The predicted molar refractivity (Wildman–Crippen MR) is 113 cm³/mol. The standard InChI is InChI=1S/C24H16F2N2O3/c25-16-6-9-18(10-7-16)27-22(29)14-28-13-20(23(30)15-4-2-1-3-5-15)24(31)19-12-17(26)8-11-21(19)28/h1-13H,14H2,(H,27,29). The van der Waals surface area contributed by atoms with E-state index in [1.807, 2.05) is 0 Å². The molecular weight excluding hydrogens is 402 g/mol. The largest absolute Gasteiger partial charge is 0.337 e. The summed E-state index contributed by atoms with van der Waals surface area (Å²) in [5.74, 6) is -2.05. The second kappa shape index (κ2) is 8.31. The minimum atomic E-state index is -0.628. The number of nitrogens with one attached hydrogen (secondary N) is 1. The van der Waals surface area contributed by atoms with Crippen LogP contribution in [-0.2, 0) is 11.3 Å². The minimum absolute atomic E-state index is 0.00337. The second-order valence-corrected chi connectivity index (χ2v) is 6.91. The summed E-state index contributed by atoms with van der Waals surface area (Å²) in [5.41, 5.74) is 0.226. The third-order valence-electron chi connectivity index (χ3n) is 4.76. The number of carbonyl (C=O) groups excluding carboxylic acids is 2. The minimum Gasteiger partial charge on any atom is -0.337 e. The van der Waals surface area contributed by atoms with E-state index < -0.39 is 28.8 Å². The van der Waals surface area contributed by atoms with Crippen LogP contribution in [0, 0.1) is 11.6 Å². The molecule has 4 rings (SSSR count). The highest BCUT2D eigenvalue weighted by Gasteiger charge is 2.18. The fourth-order valence-corrected chi connectivity index (χ4v) is 3.30. The molecular formula is C24H16F2N2O3. The molecule has 1 amide bonds. The van der Waals surface area contributed by atoms with Crippen LogP contribution < -0.4 is 10.7 Å². The number of ketones is 1. The first kappa shape index (κ1) is 20.2. The highest BCUT2D eigenvalue weighted by molar-refractivity contribution is 6.10. The molecule has 7 heteroatoms. The Balaban J connectivity index is 1.76. The fourth-order valence-electron chi connectivity index (χ4n) is 3.30. The summed E-state index contributed by atoms with van der Waals surface area (Å²) in [5, 5.41) is 2.62. The molecule has 154 valence electrons. The number of nitrogens with zero attached hydrogens (tertiary/aromatic N) is 1. The van der Waals surface area contributed by atoms with Crippen LogP contribution in [0.25, 0.3) is 10.9 Å². The summed E-state index contributed by atoms with van der Waals surface area (Å²) in [4.78, 5) is 38.4. The van der Waals surface area contributed by atoms with E-state index in [-0.39, 0.29) is 17.5 Å². The topological polar surface area (TPSA) is 68.2 Å². The van der Waals surface area contributed by atoms with Crippen molar-refractivity contribution in [2.24, 2.45) is 0 Å². The molecule has 3 aromatic carbocycles. The molecule has 0 aliphatic heterocycles. The van der Waals surface area contributed by atoms with Crippen LogP contribution in [-0.4, -0.2) is 16.3 Å². The van der Waals surface area contributed by atoms with Crippen LogP contribution in [0.4, 0.5) is 14.5 Å². The van der Waals surface area contributed by atoms with Gasteiger partial charge in [0.1, 0.15) is 18.2 Å². The lowest BCUT2D eigenvalue weighted by Gasteiger charge is -2.13. The van der Waals surface area contributed by atoms with Gasteiger partial charge in [0, 0.05) is 22.8 Å². The normalized spacial score (nSPS) is 10.8. The molecule has 0 spiro atoms. The van der Waals surface area contributed by atoms with Crippen molar-refractivity contribution >= 4 is 28.3 Å². The Labute approximate surface area is 175 Å². The zero-order valence-corrected chi connectivity index (χ0v) is 16.1. The maximum Gasteiger partial charge on any atom is 0.244 e. The number of fused-ring (bicyclic) bond motifs is 1. The maximum absolute atomic E-state index is 13.8. The lowest BCUT2D eigenvalue weighted by molar-refractivity contribution is -0.116. The van der Waals surface area contributed by atoms with Gasteiger partial charge in [0.2, 0.25) is 11.3 Å². The van der Waals surface area contributed by atoms with Crippen molar-refractivity contribution < 1.29 is 18.4 Å². The molecule has 0 aliphatic carbocycles. The SMILES string of the molecule is O=C(Cn1cc(C(=O)c2ccccc2)c(=O)c2cc(F)ccc21)Nc1ccc(F)cc1. The maximum atomic E-state index is 13.8. The summed E-state index contributed by atoms with van der Waals surface area (Å²) < 4.78 is 28.3. The van der Waals surface area contributed by atoms with Crippen LogP contribution in [0.2, 0.25) is 0 Å². The van der Waals surface area contributed by atoms with E-state index in [0.29, 0.717) is 16.8 Å². The lowest BCUT2D eigenvalue weighted by atomic mass is 10.0. The van der Waals surface area contributed by atoms with Crippen molar-refractivity contribution in [3.8, 4) is 0 Å². The Bertz CT molecular complexity index is 1350. The first-order chi connectivity index (χ1) is 14.9. The third kappa shape index (κ3) is 4.25. The van der Waals surface area contributed by atoms with Gasteiger partial charge in [-0.05, 0) is 42.5 Å².